The molecule has 0 atom stereocenters. The maximum Gasteiger partial charge on any atom is 0.123 e. The van der Waals surface area contributed by atoms with Crippen LogP contribution in [-0.4, -0.2) is 49.5 Å². The van der Waals surface area contributed by atoms with E-state index in [1.807, 2.05) is 4.57 Å². The van der Waals surface area contributed by atoms with Gasteiger partial charge in [-0.1, -0.05) is 6.07 Å². The number of hydrogen-bond donors (Lipinski definition) is 0. The largest absolute Gasteiger partial charge is 0.347 e. The minimum atomic E-state index is -0.987. The fraction of sp³-hybridized carbons (Fsp3) is 0.417. The average Bonchev–Trinajstić information content (AvgIpc) is 3.56. The first-order valence-corrected chi connectivity index (χ1v) is 11.9. The van der Waals surface area contributed by atoms with E-state index in [9.17, 15) is 0 Å². The highest BCUT2D eigenvalue weighted by molar-refractivity contribution is 7.09. The second-order valence-corrected chi connectivity index (χ2v) is 9.58. The molecule has 0 unspecified atom stereocenters. The Bertz CT molecular complexity index is 1090. The van der Waals surface area contributed by atoms with Gasteiger partial charge in [-0.3, -0.25) is 4.57 Å². The van der Waals surface area contributed by atoms with Gasteiger partial charge >= 0.3 is 0 Å². The minimum absolute atomic E-state index is 0.661. The molecule has 4 aromatic rings. The molecule has 0 N–H and O–H groups in total. The van der Waals surface area contributed by atoms with Crippen molar-refractivity contribution in [3.8, 4) is 5.69 Å². The zero-order valence-electron chi connectivity index (χ0n) is 17.7. The quantitative estimate of drug-likeness (QED) is 0.384. The van der Waals surface area contributed by atoms with Crippen molar-refractivity contribution < 1.29 is 4.39 Å². The summed E-state index contributed by atoms with van der Waals surface area (Å²) >= 11 is 1.74. The first kappa shape index (κ1) is 20.4. The van der Waals surface area contributed by atoms with Crippen LogP contribution in [0.1, 0.15) is 30.6 Å². The van der Waals surface area contributed by atoms with E-state index < -0.39 is 5.67 Å². The first-order chi connectivity index (χ1) is 15.2. The maximum atomic E-state index is 15.2. The summed E-state index contributed by atoms with van der Waals surface area (Å²) in [7, 11) is 0. The van der Waals surface area contributed by atoms with Crippen LogP contribution in [-0.2, 0) is 13.0 Å². The number of piperidine rings is 1. The van der Waals surface area contributed by atoms with Crippen LogP contribution < -0.4 is 0 Å². The Hall–Kier alpha value is -2.51. The maximum absolute atomic E-state index is 15.2. The fourth-order valence-corrected chi connectivity index (χ4v) is 5.28. The van der Waals surface area contributed by atoms with Gasteiger partial charge in [0, 0.05) is 47.3 Å². The van der Waals surface area contributed by atoms with Gasteiger partial charge in [0.2, 0.25) is 0 Å². The smallest absolute Gasteiger partial charge is 0.123 e. The van der Waals surface area contributed by atoms with Gasteiger partial charge < -0.3 is 9.47 Å². The van der Waals surface area contributed by atoms with Crippen LogP contribution in [0.3, 0.4) is 0 Å². The number of nitrogens with zero attached hydrogens (tertiary/aromatic N) is 5. The topological polar surface area (TPSA) is 38.9 Å². The standard InChI is InChI=1S/C24H28FN5S/c25-24(8-6-22-3-1-16-31-22)9-14-28(15-10-24)11-2-12-29-13-7-20-17-21(4-5-23(20)29)30-18-26-27-19-30/h1,3-5,7,13,16-19H,2,6,8-12,14-15H2. The number of fused-ring (bicyclic) bond motifs is 1. The molecular weight excluding hydrogens is 409 g/mol. The van der Waals surface area contributed by atoms with E-state index in [2.05, 4.69) is 67.6 Å². The van der Waals surface area contributed by atoms with Crippen molar-refractivity contribution in [2.24, 2.45) is 0 Å². The van der Waals surface area contributed by atoms with Crippen LogP contribution in [0.25, 0.3) is 16.6 Å². The molecule has 4 heterocycles. The van der Waals surface area contributed by atoms with Crippen molar-refractivity contribution in [3.05, 3.63) is 65.5 Å². The Morgan fingerprint density at radius 3 is 2.65 bits per heavy atom. The van der Waals surface area contributed by atoms with Gasteiger partial charge in [0.25, 0.3) is 0 Å². The minimum Gasteiger partial charge on any atom is -0.347 e. The molecule has 1 aliphatic heterocycles. The summed E-state index contributed by atoms with van der Waals surface area (Å²) in [6.45, 7) is 3.75. The second kappa shape index (κ2) is 8.93. The first-order valence-electron chi connectivity index (χ1n) is 11.1. The lowest BCUT2D eigenvalue weighted by molar-refractivity contribution is 0.0505. The number of rotatable bonds is 8. The molecule has 0 radical (unpaired) electrons. The number of aryl methyl sites for hydroxylation is 2. The number of aromatic nitrogens is 4. The van der Waals surface area contributed by atoms with Crippen molar-refractivity contribution in [3.63, 3.8) is 0 Å². The number of hydrogen-bond acceptors (Lipinski definition) is 4. The predicted molar refractivity (Wildman–Crippen MR) is 124 cm³/mol. The molecule has 1 fully saturated rings. The van der Waals surface area contributed by atoms with Gasteiger partial charge in [0.05, 0.1) is 0 Å². The van der Waals surface area contributed by atoms with Crippen LogP contribution in [0.5, 0.6) is 0 Å². The number of likely N-dealkylation sites (tertiary alicyclic amines) is 1. The van der Waals surface area contributed by atoms with Crippen LogP contribution in [0.2, 0.25) is 0 Å². The van der Waals surface area contributed by atoms with Crippen molar-refractivity contribution in [2.75, 3.05) is 19.6 Å². The Labute approximate surface area is 186 Å². The summed E-state index contributed by atoms with van der Waals surface area (Å²) < 4.78 is 19.4. The van der Waals surface area contributed by atoms with Crippen LogP contribution >= 0.6 is 11.3 Å². The molecule has 1 aromatic carbocycles. The second-order valence-electron chi connectivity index (χ2n) is 8.55. The lowest BCUT2D eigenvalue weighted by Crippen LogP contribution is -2.42. The van der Waals surface area contributed by atoms with E-state index >= 15 is 4.39 Å². The van der Waals surface area contributed by atoms with E-state index in [0.29, 0.717) is 19.3 Å². The number of thiophene rings is 1. The lowest BCUT2D eigenvalue weighted by Gasteiger charge is -2.36. The number of alkyl halides is 1. The predicted octanol–water partition coefficient (Wildman–Crippen LogP) is 5.11. The Morgan fingerprint density at radius 1 is 1.03 bits per heavy atom. The highest BCUT2D eigenvalue weighted by Crippen LogP contribution is 2.32. The molecule has 7 heteroatoms. The molecule has 5 rings (SSSR count). The van der Waals surface area contributed by atoms with Crippen LogP contribution in [0.15, 0.2) is 60.6 Å². The third-order valence-corrected chi connectivity index (χ3v) is 7.43. The average molecular weight is 438 g/mol. The van der Waals surface area contributed by atoms with Crippen molar-refractivity contribution >= 4 is 22.2 Å². The summed E-state index contributed by atoms with van der Waals surface area (Å²) in [5, 5.41) is 11.1. The van der Waals surface area contributed by atoms with E-state index in [-0.39, 0.29) is 0 Å². The molecule has 0 amide bonds. The zero-order chi connectivity index (χ0) is 21.1. The van der Waals surface area contributed by atoms with Gasteiger partial charge in [0.1, 0.15) is 18.3 Å². The molecule has 0 bridgehead atoms. The molecular formula is C24H28FN5S. The molecule has 3 aromatic heterocycles. The van der Waals surface area contributed by atoms with Crippen molar-refractivity contribution in [1.82, 2.24) is 24.2 Å². The fourth-order valence-electron chi connectivity index (χ4n) is 4.57. The Balaban J connectivity index is 1.10. The number of halogens is 1. The van der Waals surface area contributed by atoms with E-state index in [1.54, 1.807) is 24.0 Å². The Kier molecular flexibility index (Phi) is 5.87. The summed E-state index contributed by atoms with van der Waals surface area (Å²) in [6.07, 6.45) is 9.52. The van der Waals surface area contributed by atoms with Crippen molar-refractivity contribution in [2.45, 2.75) is 44.3 Å². The third kappa shape index (κ3) is 4.72. The zero-order valence-corrected chi connectivity index (χ0v) is 18.5. The van der Waals surface area contributed by atoms with E-state index in [0.717, 1.165) is 44.7 Å². The molecule has 5 nitrogen and oxygen atoms in total. The van der Waals surface area contributed by atoms with Crippen LogP contribution in [0.4, 0.5) is 4.39 Å². The molecule has 162 valence electrons. The molecule has 1 aliphatic rings. The van der Waals surface area contributed by atoms with Crippen LogP contribution in [0, 0.1) is 0 Å². The van der Waals surface area contributed by atoms with Gasteiger partial charge in [-0.2, -0.15) is 0 Å². The van der Waals surface area contributed by atoms with Gasteiger partial charge in [-0.15, -0.1) is 21.5 Å². The van der Waals surface area contributed by atoms with Gasteiger partial charge in [0.15, 0.2) is 0 Å². The monoisotopic (exact) mass is 437 g/mol. The summed E-state index contributed by atoms with van der Waals surface area (Å²) in [4.78, 5) is 3.73. The number of benzene rings is 1. The molecule has 0 aliphatic carbocycles. The van der Waals surface area contributed by atoms with Gasteiger partial charge in [-0.05, 0) is 74.4 Å². The highest BCUT2D eigenvalue weighted by Gasteiger charge is 2.33. The lowest BCUT2D eigenvalue weighted by atomic mass is 9.88. The molecule has 31 heavy (non-hydrogen) atoms. The SMILES string of the molecule is FC1(CCc2cccs2)CCN(CCCn2ccc3cc(-n4cnnc4)ccc32)CC1. The molecule has 0 spiro atoms. The van der Waals surface area contributed by atoms with Gasteiger partial charge in [-0.25, -0.2) is 4.39 Å². The molecule has 1 saturated heterocycles. The third-order valence-electron chi connectivity index (χ3n) is 6.50. The molecule has 0 saturated carbocycles. The van der Waals surface area contributed by atoms with E-state index in [4.69, 9.17) is 0 Å². The summed E-state index contributed by atoms with van der Waals surface area (Å²) in [5.41, 5.74) is 1.32. The van der Waals surface area contributed by atoms with E-state index in [1.165, 1.54) is 15.8 Å². The van der Waals surface area contributed by atoms with Crippen molar-refractivity contribution in [1.29, 1.82) is 0 Å². The summed E-state index contributed by atoms with van der Waals surface area (Å²) in [6, 6.07) is 12.8. The highest BCUT2D eigenvalue weighted by atomic mass is 32.1. The normalized spacial score (nSPS) is 16.8. The summed E-state index contributed by atoms with van der Waals surface area (Å²) in [5.74, 6) is 0. The Morgan fingerprint density at radius 2 is 1.87 bits per heavy atom.